The van der Waals surface area contributed by atoms with E-state index in [9.17, 15) is 4.57 Å². The first-order chi connectivity index (χ1) is 10.2. The van der Waals surface area contributed by atoms with Crippen LogP contribution in [-0.2, 0) is 9.30 Å². The lowest BCUT2D eigenvalue weighted by molar-refractivity contribution is 0.248. The summed E-state index contributed by atoms with van der Waals surface area (Å²) in [5.41, 5.74) is 0. The summed E-state index contributed by atoms with van der Waals surface area (Å²) in [5, 5.41) is 2.45. The van der Waals surface area contributed by atoms with E-state index >= 15 is 0 Å². The van der Waals surface area contributed by atoms with Crippen molar-refractivity contribution in [2.24, 2.45) is 0 Å². The molecule has 0 bridgehead atoms. The van der Waals surface area contributed by atoms with Gasteiger partial charge in [-0.3, -0.25) is 0 Å². The van der Waals surface area contributed by atoms with Crippen LogP contribution >= 0.6 is 7.14 Å². The fourth-order valence-electron chi connectivity index (χ4n) is 2.20. The van der Waals surface area contributed by atoms with Crippen molar-refractivity contribution < 1.29 is 9.30 Å². The topological polar surface area (TPSA) is 26.3 Å². The number of ether oxygens (including phenoxy) is 1. The van der Waals surface area contributed by atoms with Crippen LogP contribution in [0.5, 0.6) is 0 Å². The summed E-state index contributed by atoms with van der Waals surface area (Å²) >= 11 is 0. The number of hydrogen-bond donors (Lipinski definition) is 0. The second kappa shape index (κ2) is 7.28. The molecule has 0 heterocycles. The quantitative estimate of drug-likeness (QED) is 0.452. The molecule has 2 aromatic rings. The number of rotatable bonds is 6. The highest BCUT2D eigenvalue weighted by atomic mass is 31.2. The first kappa shape index (κ1) is 15.6. The van der Waals surface area contributed by atoms with Gasteiger partial charge in [0.2, 0.25) is 0 Å². The van der Waals surface area contributed by atoms with Crippen molar-refractivity contribution in [2.75, 3.05) is 6.61 Å². The van der Waals surface area contributed by atoms with Crippen LogP contribution in [0.15, 0.2) is 72.2 Å². The van der Waals surface area contributed by atoms with Gasteiger partial charge in [0.25, 0.3) is 0 Å². The lowest BCUT2D eigenvalue weighted by atomic mass is 10.4. The molecule has 0 spiro atoms. The molecule has 0 aliphatic heterocycles. The summed E-state index contributed by atoms with van der Waals surface area (Å²) < 4.78 is 19.3. The average molecular weight is 300 g/mol. The van der Waals surface area contributed by atoms with Gasteiger partial charge < -0.3 is 9.30 Å². The molecule has 2 nitrogen and oxygen atoms in total. The minimum absolute atomic E-state index is 0.640. The van der Waals surface area contributed by atoms with Gasteiger partial charge in [-0.2, -0.15) is 0 Å². The fraction of sp³-hybridized carbons (Fsp3) is 0.222. The lowest BCUT2D eigenvalue weighted by Crippen LogP contribution is -2.16. The van der Waals surface area contributed by atoms with E-state index in [1.165, 1.54) is 0 Å². The van der Waals surface area contributed by atoms with Crippen molar-refractivity contribution in [3.05, 3.63) is 72.2 Å². The Morgan fingerprint density at radius 2 is 1.48 bits per heavy atom. The Balaban J connectivity index is 2.50. The van der Waals surface area contributed by atoms with Crippen LogP contribution < -0.4 is 10.6 Å². The predicted octanol–water partition coefficient (Wildman–Crippen LogP) is 4.29. The molecule has 0 aliphatic carbocycles. The SMILES string of the molecule is CCCOC=C(C)P(=O)(c1ccccc1)c1ccccc1. The van der Waals surface area contributed by atoms with Gasteiger partial charge >= 0.3 is 0 Å². The summed E-state index contributed by atoms with van der Waals surface area (Å²) in [5.74, 6) is 0. The van der Waals surface area contributed by atoms with E-state index in [0.717, 1.165) is 22.3 Å². The van der Waals surface area contributed by atoms with Crippen LogP contribution in [0.2, 0.25) is 0 Å². The second-order valence-corrected chi connectivity index (χ2v) is 7.87. The van der Waals surface area contributed by atoms with E-state index in [1.54, 1.807) is 6.26 Å². The molecule has 0 aromatic heterocycles. The Kier molecular flexibility index (Phi) is 5.41. The molecule has 0 radical (unpaired) electrons. The van der Waals surface area contributed by atoms with E-state index < -0.39 is 7.14 Å². The maximum Gasteiger partial charge on any atom is 0.169 e. The first-order valence-corrected chi connectivity index (χ1v) is 8.90. The Labute approximate surface area is 126 Å². The summed E-state index contributed by atoms with van der Waals surface area (Å²) in [6.45, 7) is 4.58. The molecule has 3 heteroatoms. The van der Waals surface area contributed by atoms with Gasteiger partial charge in [-0.25, -0.2) is 0 Å². The van der Waals surface area contributed by atoms with Crippen LogP contribution in [0.25, 0.3) is 0 Å². The molecule has 110 valence electrons. The smallest absolute Gasteiger partial charge is 0.169 e. The highest BCUT2D eigenvalue weighted by Crippen LogP contribution is 2.51. The summed E-state index contributed by atoms with van der Waals surface area (Å²) in [7, 11) is -2.82. The third kappa shape index (κ3) is 3.46. The van der Waals surface area contributed by atoms with Crippen molar-refractivity contribution in [2.45, 2.75) is 20.3 Å². The van der Waals surface area contributed by atoms with Gasteiger partial charge in [0.1, 0.15) is 0 Å². The molecule has 0 amide bonds. The molecule has 21 heavy (non-hydrogen) atoms. The Morgan fingerprint density at radius 3 is 1.90 bits per heavy atom. The maximum atomic E-state index is 13.8. The summed E-state index contributed by atoms with van der Waals surface area (Å²) in [4.78, 5) is 0. The standard InChI is InChI=1S/C18H21O2P/c1-3-14-20-15-16(2)21(19,17-10-6-4-7-11-17)18-12-8-5-9-13-18/h4-13,15H,3,14H2,1-2H3. The van der Waals surface area contributed by atoms with Crippen molar-refractivity contribution >= 4 is 17.8 Å². The van der Waals surface area contributed by atoms with E-state index in [1.807, 2.05) is 67.6 Å². The fourth-order valence-corrected chi connectivity index (χ4v) is 4.72. The van der Waals surface area contributed by atoms with E-state index in [-0.39, 0.29) is 0 Å². The van der Waals surface area contributed by atoms with Gasteiger partial charge in [0, 0.05) is 15.9 Å². The van der Waals surface area contributed by atoms with Crippen LogP contribution in [0, 0.1) is 0 Å². The molecular weight excluding hydrogens is 279 g/mol. The molecule has 0 fully saturated rings. The molecule has 0 unspecified atom stereocenters. The summed E-state index contributed by atoms with van der Waals surface area (Å²) in [6.07, 6.45) is 2.59. The van der Waals surface area contributed by atoms with E-state index in [0.29, 0.717) is 6.61 Å². The zero-order valence-corrected chi connectivity index (χ0v) is 13.4. The van der Waals surface area contributed by atoms with Crippen molar-refractivity contribution in [3.63, 3.8) is 0 Å². The van der Waals surface area contributed by atoms with Crippen LogP contribution in [-0.4, -0.2) is 6.61 Å². The maximum absolute atomic E-state index is 13.8. The average Bonchev–Trinajstić information content (AvgIpc) is 2.56. The normalized spacial score (nSPS) is 12.2. The Hall–Kier alpha value is -1.79. The van der Waals surface area contributed by atoms with E-state index in [4.69, 9.17) is 4.74 Å². The number of benzene rings is 2. The molecule has 0 atom stereocenters. The van der Waals surface area contributed by atoms with Crippen molar-refractivity contribution in [1.29, 1.82) is 0 Å². The largest absolute Gasteiger partial charge is 0.501 e. The van der Waals surface area contributed by atoms with Crippen LogP contribution in [0.1, 0.15) is 20.3 Å². The molecular formula is C18H21O2P. The van der Waals surface area contributed by atoms with Gasteiger partial charge in [0.05, 0.1) is 12.9 Å². The molecule has 0 saturated heterocycles. The van der Waals surface area contributed by atoms with Crippen molar-refractivity contribution in [3.8, 4) is 0 Å². The zero-order chi connectivity index (χ0) is 15.1. The second-order valence-electron chi connectivity index (χ2n) is 4.91. The van der Waals surface area contributed by atoms with Gasteiger partial charge in [-0.1, -0.05) is 67.6 Å². The van der Waals surface area contributed by atoms with Gasteiger partial charge in [-0.05, 0) is 13.3 Å². The number of hydrogen-bond acceptors (Lipinski definition) is 2. The molecule has 0 aliphatic rings. The number of allylic oxidation sites excluding steroid dienone is 1. The van der Waals surface area contributed by atoms with Crippen molar-refractivity contribution in [1.82, 2.24) is 0 Å². The highest BCUT2D eigenvalue weighted by Gasteiger charge is 2.29. The molecule has 2 aromatic carbocycles. The zero-order valence-electron chi connectivity index (χ0n) is 12.5. The highest BCUT2D eigenvalue weighted by molar-refractivity contribution is 7.82. The third-order valence-corrected chi connectivity index (χ3v) is 6.46. The van der Waals surface area contributed by atoms with Gasteiger partial charge in [0.15, 0.2) is 7.14 Å². The lowest BCUT2D eigenvalue weighted by Gasteiger charge is -2.20. The predicted molar refractivity (Wildman–Crippen MR) is 89.8 cm³/mol. The Morgan fingerprint density at radius 1 is 1.00 bits per heavy atom. The molecule has 0 N–H and O–H groups in total. The summed E-state index contributed by atoms with van der Waals surface area (Å²) in [6, 6.07) is 19.2. The molecule has 0 saturated carbocycles. The van der Waals surface area contributed by atoms with Gasteiger partial charge in [-0.15, -0.1) is 0 Å². The monoisotopic (exact) mass is 300 g/mol. The van der Waals surface area contributed by atoms with Crippen LogP contribution in [0.4, 0.5) is 0 Å². The minimum Gasteiger partial charge on any atom is -0.501 e. The Bertz CT molecular complexity index is 589. The van der Waals surface area contributed by atoms with Crippen LogP contribution in [0.3, 0.4) is 0 Å². The molecule has 2 rings (SSSR count). The third-order valence-electron chi connectivity index (χ3n) is 3.31. The van der Waals surface area contributed by atoms with E-state index in [2.05, 4.69) is 6.92 Å². The minimum atomic E-state index is -2.82. The first-order valence-electron chi connectivity index (χ1n) is 7.19.